The van der Waals surface area contributed by atoms with Crippen LogP contribution in [0.4, 0.5) is 13.2 Å². The lowest BCUT2D eigenvalue weighted by Crippen LogP contribution is -2.52. The highest BCUT2D eigenvalue weighted by atomic mass is 19.4. The van der Waals surface area contributed by atoms with Gasteiger partial charge in [0.2, 0.25) is 5.91 Å². The molecule has 5 rings (SSSR count). The molecule has 2 saturated carbocycles. The highest BCUT2D eigenvalue weighted by Crippen LogP contribution is 2.56. The lowest BCUT2D eigenvalue weighted by molar-refractivity contribution is -0.144. The number of hydrogen-bond acceptors (Lipinski definition) is 4. The maximum absolute atomic E-state index is 13.9. The average Bonchev–Trinajstić information content (AvgIpc) is 3.31. The Morgan fingerprint density at radius 2 is 2.12 bits per heavy atom. The van der Waals surface area contributed by atoms with Gasteiger partial charge in [0.05, 0.1) is 17.6 Å². The van der Waals surface area contributed by atoms with Gasteiger partial charge in [0.25, 0.3) is 0 Å². The van der Waals surface area contributed by atoms with Gasteiger partial charge in [0, 0.05) is 55.5 Å². The summed E-state index contributed by atoms with van der Waals surface area (Å²) < 4.78 is 45.2. The van der Waals surface area contributed by atoms with Gasteiger partial charge in [-0.3, -0.25) is 9.78 Å². The first-order chi connectivity index (χ1) is 15.6. The van der Waals surface area contributed by atoms with Gasteiger partial charge in [-0.25, -0.2) is 0 Å². The van der Waals surface area contributed by atoms with Crippen LogP contribution in [-0.4, -0.2) is 47.6 Å². The molecular weight excluding hydrogens is 431 g/mol. The van der Waals surface area contributed by atoms with Crippen molar-refractivity contribution in [2.24, 2.45) is 16.7 Å². The molecule has 2 aliphatic carbocycles. The Morgan fingerprint density at radius 3 is 2.88 bits per heavy atom. The molecular formula is C25H34F3N3O2. The number of carbonyl (C=O) groups excluding carboxylic acids is 1. The fourth-order valence-corrected chi connectivity index (χ4v) is 6.81. The van der Waals surface area contributed by atoms with E-state index in [2.05, 4.69) is 24.1 Å². The van der Waals surface area contributed by atoms with Gasteiger partial charge in [-0.1, -0.05) is 20.3 Å². The topological polar surface area (TPSA) is 54.5 Å². The molecule has 1 aromatic heterocycles. The van der Waals surface area contributed by atoms with E-state index in [1.807, 2.05) is 4.90 Å². The van der Waals surface area contributed by atoms with Crippen LogP contribution in [-0.2, 0) is 28.7 Å². The van der Waals surface area contributed by atoms with Gasteiger partial charge < -0.3 is 15.0 Å². The largest absolute Gasteiger partial charge is 0.417 e. The second-order valence-corrected chi connectivity index (χ2v) is 11.2. The lowest BCUT2D eigenvalue weighted by atomic mass is 9.78. The van der Waals surface area contributed by atoms with Crippen LogP contribution in [0.15, 0.2) is 12.3 Å². The molecule has 0 spiro atoms. The quantitative estimate of drug-likeness (QED) is 0.722. The summed E-state index contributed by atoms with van der Waals surface area (Å²) in [7, 11) is 0. The van der Waals surface area contributed by atoms with Gasteiger partial charge in [-0.05, 0) is 49.7 Å². The van der Waals surface area contributed by atoms with E-state index >= 15 is 0 Å². The molecule has 3 fully saturated rings. The maximum atomic E-state index is 13.9. The fraction of sp³-hybridized carbons (Fsp3) is 0.760. The molecule has 3 heterocycles. The van der Waals surface area contributed by atoms with E-state index in [9.17, 15) is 18.0 Å². The fourth-order valence-electron chi connectivity index (χ4n) is 6.81. The molecule has 1 N–H and O–H groups in total. The number of pyridine rings is 1. The third-order valence-electron chi connectivity index (χ3n) is 8.62. The lowest BCUT2D eigenvalue weighted by Gasteiger charge is -2.41. The number of nitrogens with one attached hydrogen (secondary N) is 1. The molecule has 4 atom stereocenters. The van der Waals surface area contributed by atoms with Crippen LogP contribution in [0, 0.1) is 16.7 Å². The monoisotopic (exact) mass is 465 g/mol. The summed E-state index contributed by atoms with van der Waals surface area (Å²) in [4.78, 5) is 19.8. The minimum absolute atomic E-state index is 0.0624. The first-order valence-electron chi connectivity index (χ1n) is 12.3. The van der Waals surface area contributed by atoms with Crippen LogP contribution >= 0.6 is 0 Å². The molecule has 4 aliphatic rings. The summed E-state index contributed by atoms with van der Waals surface area (Å²) in [6, 6.07) is 1.85. The molecule has 0 radical (unpaired) electrons. The molecule has 33 heavy (non-hydrogen) atoms. The molecule has 0 bridgehead atoms. The van der Waals surface area contributed by atoms with Crippen LogP contribution in [0.2, 0.25) is 0 Å². The molecule has 1 saturated heterocycles. The number of amides is 1. The van der Waals surface area contributed by atoms with Crippen molar-refractivity contribution in [1.29, 1.82) is 0 Å². The van der Waals surface area contributed by atoms with E-state index in [1.165, 1.54) is 6.07 Å². The van der Waals surface area contributed by atoms with E-state index in [0.717, 1.165) is 57.9 Å². The zero-order chi connectivity index (χ0) is 23.4. The number of hydrogen-bond donors (Lipinski definition) is 1. The van der Waals surface area contributed by atoms with E-state index in [-0.39, 0.29) is 23.3 Å². The SMILES string of the molecule is CC1(C)COCCC1N[C@@H]1C[C@H]2CCC[C@@]2(C(=O)N2CCc3ncc(C(F)(F)F)cc3C2)C1. The van der Waals surface area contributed by atoms with Gasteiger partial charge >= 0.3 is 6.18 Å². The van der Waals surface area contributed by atoms with Crippen LogP contribution in [0.25, 0.3) is 0 Å². The molecule has 0 aromatic carbocycles. The summed E-state index contributed by atoms with van der Waals surface area (Å²) in [5, 5.41) is 3.87. The Morgan fingerprint density at radius 1 is 1.30 bits per heavy atom. The Kier molecular flexibility index (Phi) is 5.75. The van der Waals surface area contributed by atoms with Crippen molar-refractivity contribution >= 4 is 5.91 Å². The zero-order valence-electron chi connectivity index (χ0n) is 19.5. The highest BCUT2D eigenvalue weighted by molar-refractivity contribution is 5.84. The van der Waals surface area contributed by atoms with Crippen molar-refractivity contribution in [2.75, 3.05) is 19.8 Å². The van der Waals surface area contributed by atoms with Crippen LogP contribution in [0.3, 0.4) is 0 Å². The van der Waals surface area contributed by atoms with Gasteiger partial charge in [-0.2, -0.15) is 13.2 Å². The second kappa shape index (κ2) is 8.22. The van der Waals surface area contributed by atoms with Crippen molar-refractivity contribution in [3.8, 4) is 0 Å². The minimum atomic E-state index is -4.42. The normalized spacial score (nSPS) is 33.6. The van der Waals surface area contributed by atoms with Gasteiger partial charge in [0.1, 0.15) is 0 Å². The highest BCUT2D eigenvalue weighted by Gasteiger charge is 2.56. The van der Waals surface area contributed by atoms with Crippen molar-refractivity contribution < 1.29 is 22.7 Å². The third-order valence-corrected chi connectivity index (χ3v) is 8.62. The number of fused-ring (bicyclic) bond motifs is 2. The summed E-state index contributed by atoms with van der Waals surface area (Å²) in [5.74, 6) is 0.495. The summed E-state index contributed by atoms with van der Waals surface area (Å²) in [6.45, 7) is 6.73. The minimum Gasteiger partial charge on any atom is -0.381 e. The van der Waals surface area contributed by atoms with Crippen molar-refractivity contribution in [2.45, 2.75) is 83.6 Å². The number of carbonyl (C=O) groups is 1. The second-order valence-electron chi connectivity index (χ2n) is 11.2. The molecule has 5 nitrogen and oxygen atoms in total. The van der Waals surface area contributed by atoms with Gasteiger partial charge in [0.15, 0.2) is 0 Å². The average molecular weight is 466 g/mol. The Bertz CT molecular complexity index is 919. The summed E-state index contributed by atoms with van der Waals surface area (Å²) >= 11 is 0. The van der Waals surface area contributed by atoms with E-state index < -0.39 is 11.7 Å². The molecule has 182 valence electrons. The predicted octanol–water partition coefficient (Wildman–Crippen LogP) is 4.34. The molecule has 8 heteroatoms. The number of aromatic nitrogens is 1. The first kappa shape index (κ1) is 23.1. The summed E-state index contributed by atoms with van der Waals surface area (Å²) in [6.07, 6.45) is 2.80. The van der Waals surface area contributed by atoms with Crippen molar-refractivity contribution in [3.05, 3.63) is 29.1 Å². The number of alkyl halides is 3. The maximum Gasteiger partial charge on any atom is 0.417 e. The van der Waals surface area contributed by atoms with E-state index in [4.69, 9.17) is 4.74 Å². The standard InChI is InChI=1S/C25H34F3N3O2/c1-23(2)15-33-9-6-21(23)30-19-11-17-4-3-7-24(17,12-19)22(32)31-8-5-20-16(14-31)10-18(13-29-20)25(26,27)28/h10,13,17,19,21,30H,3-9,11-12,14-15H2,1-2H3/t17-,19-,21?,24-/m1/s1. The molecule has 2 aliphatic heterocycles. The van der Waals surface area contributed by atoms with E-state index in [0.29, 0.717) is 42.2 Å². The number of nitrogens with zero attached hydrogens (tertiary/aromatic N) is 2. The Labute approximate surface area is 193 Å². The Hall–Kier alpha value is -1.67. The number of ether oxygens (including phenoxy) is 1. The smallest absolute Gasteiger partial charge is 0.381 e. The van der Waals surface area contributed by atoms with Crippen molar-refractivity contribution in [1.82, 2.24) is 15.2 Å². The van der Waals surface area contributed by atoms with Crippen LogP contribution < -0.4 is 5.32 Å². The van der Waals surface area contributed by atoms with Crippen LogP contribution in [0.5, 0.6) is 0 Å². The number of halogens is 3. The first-order valence-corrected chi connectivity index (χ1v) is 12.3. The predicted molar refractivity (Wildman–Crippen MR) is 117 cm³/mol. The molecule has 1 unspecified atom stereocenters. The van der Waals surface area contributed by atoms with Crippen LogP contribution in [0.1, 0.15) is 69.2 Å². The zero-order valence-corrected chi connectivity index (χ0v) is 19.5. The number of rotatable bonds is 3. The molecule has 1 aromatic rings. The summed E-state index contributed by atoms with van der Waals surface area (Å²) in [5.41, 5.74) is 0.163. The van der Waals surface area contributed by atoms with Gasteiger partial charge in [-0.15, -0.1) is 0 Å². The van der Waals surface area contributed by atoms with Crippen molar-refractivity contribution in [3.63, 3.8) is 0 Å². The van der Waals surface area contributed by atoms with E-state index in [1.54, 1.807) is 0 Å². The third kappa shape index (κ3) is 4.18. The Balaban J connectivity index is 1.32. The molecule has 1 amide bonds.